The molecule has 24 heavy (non-hydrogen) atoms. The van der Waals surface area contributed by atoms with Gasteiger partial charge in [0.2, 0.25) is 0 Å². The molecule has 0 bridgehead atoms. The number of hydrogen-bond donors (Lipinski definition) is 2. The van der Waals surface area contributed by atoms with Crippen LogP contribution in [-0.4, -0.2) is 32.7 Å². The summed E-state index contributed by atoms with van der Waals surface area (Å²) >= 11 is 0. The first-order chi connectivity index (χ1) is 11.5. The highest BCUT2D eigenvalue weighted by molar-refractivity contribution is 5.96. The molecule has 0 aliphatic heterocycles. The number of anilines is 2. The molecule has 2 rings (SSSR count). The van der Waals surface area contributed by atoms with Gasteiger partial charge >= 0.3 is 5.97 Å². The Kier molecular flexibility index (Phi) is 5.62. The molecular weight excluding hydrogens is 312 g/mol. The van der Waals surface area contributed by atoms with Crippen LogP contribution in [-0.2, 0) is 9.53 Å². The summed E-state index contributed by atoms with van der Waals surface area (Å²) in [6, 6.07) is 11.4. The van der Waals surface area contributed by atoms with Crippen molar-refractivity contribution in [2.24, 2.45) is 0 Å². The number of rotatable bonds is 6. The van der Waals surface area contributed by atoms with E-state index in [1.54, 1.807) is 30.3 Å². The minimum atomic E-state index is -0.653. The fourth-order valence-electron chi connectivity index (χ4n) is 2.01. The number of para-hydroxylation sites is 2. The number of nitrogens with one attached hydrogen (secondary N) is 1. The maximum Gasteiger partial charge on any atom is 0.338 e. The average Bonchev–Trinajstić information content (AvgIpc) is 2.60. The summed E-state index contributed by atoms with van der Waals surface area (Å²) in [5.74, 6) is -0.158. The van der Waals surface area contributed by atoms with Crippen molar-refractivity contribution in [1.82, 2.24) is 0 Å². The Hall–Kier alpha value is -3.22. The van der Waals surface area contributed by atoms with E-state index in [-0.39, 0.29) is 5.56 Å². The molecule has 2 aromatic carbocycles. The Balaban J connectivity index is 1.94. The van der Waals surface area contributed by atoms with Crippen LogP contribution in [0.3, 0.4) is 0 Å². The topological polar surface area (TPSA) is 99.9 Å². The van der Waals surface area contributed by atoms with E-state index in [0.29, 0.717) is 22.9 Å². The summed E-state index contributed by atoms with van der Waals surface area (Å²) in [5.41, 5.74) is 6.77. The van der Waals surface area contributed by atoms with Crippen molar-refractivity contribution in [3.05, 3.63) is 48.0 Å². The Morgan fingerprint density at radius 3 is 2.42 bits per heavy atom. The van der Waals surface area contributed by atoms with Gasteiger partial charge in [-0.2, -0.15) is 0 Å². The maximum atomic E-state index is 12.0. The number of nitrogen functional groups attached to an aromatic ring is 1. The van der Waals surface area contributed by atoms with Gasteiger partial charge in [-0.05, 0) is 30.3 Å². The number of methoxy groups -OCH3 is 2. The summed E-state index contributed by atoms with van der Waals surface area (Å²) in [7, 11) is 2.98. The fraction of sp³-hybridized carbons (Fsp3) is 0.176. The van der Waals surface area contributed by atoms with E-state index in [0.717, 1.165) is 0 Å². The predicted molar refractivity (Wildman–Crippen MR) is 89.3 cm³/mol. The van der Waals surface area contributed by atoms with Crippen LogP contribution in [0.15, 0.2) is 42.5 Å². The van der Waals surface area contributed by atoms with Crippen molar-refractivity contribution in [3.63, 3.8) is 0 Å². The van der Waals surface area contributed by atoms with E-state index in [4.69, 9.17) is 19.9 Å². The molecule has 7 heteroatoms. The van der Waals surface area contributed by atoms with Crippen molar-refractivity contribution in [2.45, 2.75) is 0 Å². The van der Waals surface area contributed by atoms with Gasteiger partial charge in [0.1, 0.15) is 11.5 Å². The summed E-state index contributed by atoms with van der Waals surface area (Å²) in [6.45, 7) is -0.428. The first kappa shape index (κ1) is 17.1. The molecule has 0 unspecified atom stereocenters. The van der Waals surface area contributed by atoms with Gasteiger partial charge in [0.25, 0.3) is 5.91 Å². The molecule has 7 nitrogen and oxygen atoms in total. The molecule has 0 heterocycles. The van der Waals surface area contributed by atoms with E-state index in [2.05, 4.69) is 5.32 Å². The van der Waals surface area contributed by atoms with Crippen LogP contribution in [0.2, 0.25) is 0 Å². The third kappa shape index (κ3) is 4.16. The van der Waals surface area contributed by atoms with Crippen LogP contribution in [0.1, 0.15) is 10.4 Å². The van der Waals surface area contributed by atoms with E-state index < -0.39 is 18.5 Å². The van der Waals surface area contributed by atoms with E-state index >= 15 is 0 Å². The summed E-state index contributed by atoms with van der Waals surface area (Å²) < 4.78 is 15.1. The SMILES string of the molecule is COc1ccc(C(=O)OCC(=O)Nc2ccccc2OC)cc1N. The zero-order valence-electron chi connectivity index (χ0n) is 13.4. The average molecular weight is 330 g/mol. The van der Waals surface area contributed by atoms with Gasteiger partial charge in [-0.25, -0.2) is 4.79 Å². The maximum absolute atomic E-state index is 12.0. The van der Waals surface area contributed by atoms with Gasteiger partial charge in [-0.1, -0.05) is 12.1 Å². The molecule has 0 spiro atoms. The molecule has 0 aliphatic carbocycles. The normalized spacial score (nSPS) is 9.92. The zero-order valence-corrected chi connectivity index (χ0v) is 13.4. The number of benzene rings is 2. The van der Waals surface area contributed by atoms with Crippen LogP contribution in [0, 0.1) is 0 Å². The molecule has 0 fully saturated rings. The Morgan fingerprint density at radius 1 is 1.04 bits per heavy atom. The summed E-state index contributed by atoms with van der Waals surface area (Å²) in [4.78, 5) is 23.8. The van der Waals surface area contributed by atoms with Gasteiger partial charge in [0, 0.05) is 0 Å². The Labute approximate surface area is 139 Å². The Bertz CT molecular complexity index is 746. The third-order valence-electron chi connectivity index (χ3n) is 3.18. The highest BCUT2D eigenvalue weighted by Crippen LogP contribution is 2.23. The number of nitrogens with two attached hydrogens (primary N) is 1. The number of esters is 1. The lowest BCUT2D eigenvalue weighted by molar-refractivity contribution is -0.119. The number of carbonyl (C=O) groups is 2. The molecule has 0 atom stereocenters. The van der Waals surface area contributed by atoms with E-state index in [9.17, 15) is 9.59 Å². The highest BCUT2D eigenvalue weighted by Gasteiger charge is 2.13. The van der Waals surface area contributed by atoms with Crippen LogP contribution in [0.25, 0.3) is 0 Å². The second-order valence-electron chi connectivity index (χ2n) is 4.78. The number of hydrogen-bond acceptors (Lipinski definition) is 6. The second kappa shape index (κ2) is 7.87. The number of ether oxygens (including phenoxy) is 3. The minimum absolute atomic E-state index is 0.235. The van der Waals surface area contributed by atoms with Crippen molar-refractivity contribution in [2.75, 3.05) is 31.9 Å². The number of carbonyl (C=O) groups excluding carboxylic acids is 2. The van der Waals surface area contributed by atoms with Gasteiger partial charge in [-0.3, -0.25) is 4.79 Å². The molecule has 2 aromatic rings. The smallest absolute Gasteiger partial charge is 0.338 e. The molecular formula is C17H18N2O5. The molecule has 0 radical (unpaired) electrons. The predicted octanol–water partition coefficient (Wildman–Crippen LogP) is 2.08. The highest BCUT2D eigenvalue weighted by atomic mass is 16.5. The van der Waals surface area contributed by atoms with Crippen LogP contribution in [0.5, 0.6) is 11.5 Å². The fourth-order valence-corrected chi connectivity index (χ4v) is 2.01. The first-order valence-corrected chi connectivity index (χ1v) is 7.08. The van der Waals surface area contributed by atoms with Gasteiger partial charge in [-0.15, -0.1) is 0 Å². The largest absolute Gasteiger partial charge is 0.495 e. The summed E-state index contributed by atoms with van der Waals surface area (Å²) in [5, 5.41) is 2.61. The molecule has 126 valence electrons. The van der Waals surface area contributed by atoms with Gasteiger partial charge in [0.05, 0.1) is 31.2 Å². The second-order valence-corrected chi connectivity index (χ2v) is 4.78. The molecule has 0 saturated carbocycles. The molecule has 1 amide bonds. The van der Waals surface area contributed by atoms with Gasteiger partial charge < -0.3 is 25.3 Å². The van der Waals surface area contributed by atoms with Crippen molar-refractivity contribution >= 4 is 23.3 Å². The first-order valence-electron chi connectivity index (χ1n) is 7.08. The zero-order chi connectivity index (χ0) is 17.5. The lowest BCUT2D eigenvalue weighted by atomic mass is 10.2. The number of amides is 1. The van der Waals surface area contributed by atoms with Crippen LogP contribution in [0.4, 0.5) is 11.4 Å². The van der Waals surface area contributed by atoms with Gasteiger partial charge in [0.15, 0.2) is 6.61 Å². The summed E-state index contributed by atoms with van der Waals surface area (Å²) in [6.07, 6.45) is 0. The molecule has 3 N–H and O–H groups in total. The third-order valence-corrected chi connectivity index (χ3v) is 3.18. The quantitative estimate of drug-likeness (QED) is 0.621. The van der Waals surface area contributed by atoms with Crippen LogP contribution < -0.4 is 20.5 Å². The molecule has 0 saturated heterocycles. The molecule has 0 aromatic heterocycles. The van der Waals surface area contributed by atoms with Crippen molar-refractivity contribution in [1.29, 1.82) is 0 Å². The standard InChI is InChI=1S/C17H18N2O5/c1-22-14-8-7-11(9-12(14)18)17(21)24-10-16(20)19-13-5-3-4-6-15(13)23-2/h3-9H,10,18H2,1-2H3,(H,19,20). The van der Waals surface area contributed by atoms with Crippen molar-refractivity contribution < 1.29 is 23.8 Å². The lowest BCUT2D eigenvalue weighted by Crippen LogP contribution is -2.21. The Morgan fingerprint density at radius 2 is 1.75 bits per heavy atom. The van der Waals surface area contributed by atoms with Crippen LogP contribution >= 0.6 is 0 Å². The molecule has 0 aliphatic rings. The van der Waals surface area contributed by atoms with E-state index in [1.165, 1.54) is 26.4 Å². The van der Waals surface area contributed by atoms with Crippen molar-refractivity contribution in [3.8, 4) is 11.5 Å². The monoisotopic (exact) mass is 330 g/mol. The minimum Gasteiger partial charge on any atom is -0.495 e. The lowest BCUT2D eigenvalue weighted by Gasteiger charge is -2.10. The van der Waals surface area contributed by atoms with E-state index in [1.807, 2.05) is 0 Å².